The molecule has 0 spiro atoms. The molecule has 1 heterocycles. The van der Waals surface area contributed by atoms with Gasteiger partial charge in [0.25, 0.3) is 0 Å². The van der Waals surface area contributed by atoms with Crippen molar-refractivity contribution in [3.05, 3.63) is 49.7 Å². The number of carbonyl (C=O) groups is 1. The Labute approximate surface area is 123 Å². The second kappa shape index (κ2) is 7.28. The minimum absolute atomic E-state index is 0.0430. The maximum Gasteiger partial charge on any atom is 0.161 e. The second-order valence-electron chi connectivity index (χ2n) is 5.57. The van der Waals surface area contributed by atoms with Crippen molar-refractivity contribution in [2.45, 2.75) is 51.6 Å². The maximum atomic E-state index is 13.0. The number of allylic oxidation sites excluding steroid dienone is 2. The smallest absolute Gasteiger partial charge is 0.161 e. The van der Waals surface area contributed by atoms with Gasteiger partial charge in [-0.3, -0.25) is 4.79 Å². The molecule has 0 radical (unpaired) electrons. The van der Waals surface area contributed by atoms with Crippen LogP contribution >= 0.6 is 0 Å². The fourth-order valence-electron chi connectivity index (χ4n) is 2.87. The Bertz CT molecular complexity index is 409. The average molecular weight is 273 g/mol. The largest absolute Gasteiger partial charge is 0.358 e. The third-order valence-electron chi connectivity index (χ3n) is 4.16. The lowest BCUT2D eigenvalue weighted by Crippen LogP contribution is -2.56. The van der Waals surface area contributed by atoms with Crippen LogP contribution in [0.15, 0.2) is 49.7 Å². The zero-order valence-electron chi connectivity index (χ0n) is 13.0. The Morgan fingerprint density at radius 1 is 1.35 bits per heavy atom. The van der Waals surface area contributed by atoms with Gasteiger partial charge in [0.1, 0.15) is 5.54 Å². The third-order valence-corrected chi connectivity index (χ3v) is 4.16. The van der Waals surface area contributed by atoms with Crippen LogP contribution in [0.2, 0.25) is 0 Å². The van der Waals surface area contributed by atoms with Gasteiger partial charge in [0.2, 0.25) is 0 Å². The van der Waals surface area contributed by atoms with E-state index in [9.17, 15) is 4.79 Å². The molecule has 110 valence electrons. The summed E-state index contributed by atoms with van der Waals surface area (Å²) in [4.78, 5) is 15.2. The fourth-order valence-corrected chi connectivity index (χ4v) is 2.87. The summed E-state index contributed by atoms with van der Waals surface area (Å²) < 4.78 is 0. The molecular formula is C18H27NO. The van der Waals surface area contributed by atoms with Gasteiger partial charge in [-0.05, 0) is 32.3 Å². The first-order valence-electron chi connectivity index (χ1n) is 7.43. The Morgan fingerprint density at radius 3 is 2.40 bits per heavy atom. The molecule has 2 heteroatoms. The third kappa shape index (κ3) is 3.12. The zero-order chi connectivity index (χ0) is 15.2. The SMILES string of the molecule is C=CCC(CC=C)(C(=O)C(C)CC)N1C=CC=CC1C. The molecule has 0 aromatic heterocycles. The van der Waals surface area contributed by atoms with Gasteiger partial charge in [0, 0.05) is 18.2 Å². The molecule has 2 nitrogen and oxygen atoms in total. The van der Waals surface area contributed by atoms with E-state index in [1.165, 1.54) is 0 Å². The maximum absolute atomic E-state index is 13.0. The Kier molecular flexibility index (Phi) is 6.00. The molecule has 0 saturated heterocycles. The monoisotopic (exact) mass is 273 g/mol. The average Bonchev–Trinajstić information content (AvgIpc) is 2.46. The van der Waals surface area contributed by atoms with Crippen LogP contribution in [-0.4, -0.2) is 22.3 Å². The van der Waals surface area contributed by atoms with Crippen LogP contribution in [-0.2, 0) is 4.79 Å². The van der Waals surface area contributed by atoms with Gasteiger partial charge in [-0.15, -0.1) is 13.2 Å². The van der Waals surface area contributed by atoms with Crippen molar-refractivity contribution in [2.24, 2.45) is 5.92 Å². The molecule has 0 amide bonds. The van der Waals surface area contributed by atoms with E-state index < -0.39 is 5.54 Å². The zero-order valence-corrected chi connectivity index (χ0v) is 13.0. The van der Waals surface area contributed by atoms with Gasteiger partial charge in [-0.1, -0.05) is 38.2 Å². The molecule has 0 aliphatic carbocycles. The summed E-state index contributed by atoms with van der Waals surface area (Å²) in [5.41, 5.74) is -0.556. The van der Waals surface area contributed by atoms with Gasteiger partial charge in [-0.2, -0.15) is 0 Å². The molecule has 0 bridgehead atoms. The van der Waals surface area contributed by atoms with Crippen LogP contribution in [0.25, 0.3) is 0 Å². The van der Waals surface area contributed by atoms with Crippen molar-refractivity contribution in [3.63, 3.8) is 0 Å². The highest BCUT2D eigenvalue weighted by Crippen LogP contribution is 2.34. The first kappa shape index (κ1) is 16.5. The molecule has 0 fully saturated rings. The number of rotatable bonds is 8. The normalized spacial score (nSPS) is 19.8. The van der Waals surface area contributed by atoms with E-state index in [1.807, 2.05) is 37.4 Å². The molecule has 0 aromatic rings. The van der Waals surface area contributed by atoms with E-state index in [4.69, 9.17) is 0 Å². The minimum Gasteiger partial charge on any atom is -0.358 e. The molecule has 0 N–H and O–H groups in total. The van der Waals surface area contributed by atoms with E-state index in [2.05, 4.69) is 38.0 Å². The summed E-state index contributed by atoms with van der Waals surface area (Å²) in [7, 11) is 0. The van der Waals surface area contributed by atoms with Crippen molar-refractivity contribution in [1.82, 2.24) is 4.90 Å². The lowest BCUT2D eigenvalue weighted by Gasteiger charge is -2.46. The Balaban J connectivity index is 3.26. The highest BCUT2D eigenvalue weighted by atomic mass is 16.1. The topological polar surface area (TPSA) is 20.3 Å². The molecule has 2 atom stereocenters. The lowest BCUT2D eigenvalue weighted by molar-refractivity contribution is -0.134. The van der Waals surface area contributed by atoms with Gasteiger partial charge < -0.3 is 4.90 Å². The van der Waals surface area contributed by atoms with Crippen molar-refractivity contribution in [1.29, 1.82) is 0 Å². The molecule has 1 aliphatic rings. The van der Waals surface area contributed by atoms with Gasteiger partial charge in [-0.25, -0.2) is 0 Å². The molecular weight excluding hydrogens is 246 g/mol. The summed E-state index contributed by atoms with van der Waals surface area (Å²) in [5.74, 6) is 0.327. The molecule has 0 saturated carbocycles. The quantitative estimate of drug-likeness (QED) is 0.616. The second-order valence-corrected chi connectivity index (χ2v) is 5.57. The lowest BCUT2D eigenvalue weighted by atomic mass is 9.77. The van der Waals surface area contributed by atoms with E-state index in [1.54, 1.807) is 0 Å². The van der Waals surface area contributed by atoms with Gasteiger partial charge in [0.15, 0.2) is 5.78 Å². The van der Waals surface area contributed by atoms with Crippen molar-refractivity contribution in [2.75, 3.05) is 0 Å². The first-order valence-corrected chi connectivity index (χ1v) is 7.43. The number of Topliss-reactive ketones (excluding diaryl/α,β-unsaturated/α-hetero) is 1. The molecule has 1 aliphatic heterocycles. The number of ketones is 1. The summed E-state index contributed by atoms with van der Waals surface area (Å²) in [5, 5.41) is 0. The molecule has 2 unspecified atom stereocenters. The number of hydrogen-bond acceptors (Lipinski definition) is 2. The minimum atomic E-state index is -0.556. The van der Waals surface area contributed by atoms with Crippen molar-refractivity contribution in [3.8, 4) is 0 Å². The van der Waals surface area contributed by atoms with Gasteiger partial charge >= 0.3 is 0 Å². The van der Waals surface area contributed by atoms with Crippen LogP contribution < -0.4 is 0 Å². The summed E-state index contributed by atoms with van der Waals surface area (Å²) in [6, 6.07) is 0.202. The molecule has 0 aromatic carbocycles. The number of carbonyl (C=O) groups excluding carboxylic acids is 1. The van der Waals surface area contributed by atoms with Crippen molar-refractivity contribution < 1.29 is 4.79 Å². The van der Waals surface area contributed by atoms with Crippen LogP contribution in [0.3, 0.4) is 0 Å². The predicted octanol–water partition coefficient (Wildman–Crippen LogP) is 4.27. The summed E-state index contributed by atoms with van der Waals surface area (Å²) >= 11 is 0. The standard InChI is InChI=1S/C18H27NO/c1-6-12-18(13-7-2,17(20)15(4)8-3)19-14-10-9-11-16(19)5/h6-7,9-11,14-16H,1-2,8,12-13H2,3-5H3. The fraction of sp³-hybridized carbons (Fsp3) is 0.500. The summed E-state index contributed by atoms with van der Waals surface area (Å²) in [6.07, 6.45) is 14.0. The highest BCUT2D eigenvalue weighted by Gasteiger charge is 2.43. The van der Waals surface area contributed by atoms with Gasteiger partial charge in [0.05, 0.1) is 0 Å². The number of hydrogen-bond donors (Lipinski definition) is 0. The van der Waals surface area contributed by atoms with Crippen LogP contribution in [0.1, 0.15) is 40.0 Å². The van der Waals surface area contributed by atoms with E-state index >= 15 is 0 Å². The Hall–Kier alpha value is -1.57. The van der Waals surface area contributed by atoms with Crippen LogP contribution in [0, 0.1) is 5.92 Å². The van der Waals surface area contributed by atoms with Crippen molar-refractivity contribution >= 4 is 5.78 Å². The van der Waals surface area contributed by atoms with E-state index in [-0.39, 0.29) is 17.7 Å². The predicted molar refractivity (Wildman–Crippen MR) is 86.4 cm³/mol. The van der Waals surface area contributed by atoms with E-state index in [0.717, 1.165) is 6.42 Å². The Morgan fingerprint density at radius 2 is 1.95 bits per heavy atom. The van der Waals surface area contributed by atoms with Crippen LogP contribution in [0.5, 0.6) is 0 Å². The first-order chi connectivity index (χ1) is 9.53. The number of nitrogens with zero attached hydrogens (tertiary/aromatic N) is 1. The van der Waals surface area contributed by atoms with E-state index in [0.29, 0.717) is 12.8 Å². The molecule has 20 heavy (non-hydrogen) atoms. The van der Waals surface area contributed by atoms with Crippen LogP contribution in [0.4, 0.5) is 0 Å². The summed E-state index contributed by atoms with van der Waals surface area (Å²) in [6.45, 7) is 13.9. The molecule has 1 rings (SSSR count). The highest BCUT2D eigenvalue weighted by molar-refractivity contribution is 5.91.